The largest absolute Gasteiger partial charge is 0.475 e. The third kappa shape index (κ3) is 3.47. The van der Waals surface area contributed by atoms with E-state index in [1.807, 2.05) is 4.68 Å². The van der Waals surface area contributed by atoms with Crippen LogP contribution in [0.5, 0.6) is 5.88 Å². The van der Waals surface area contributed by atoms with E-state index in [-0.39, 0.29) is 0 Å². The van der Waals surface area contributed by atoms with Crippen molar-refractivity contribution in [2.45, 2.75) is 50.8 Å². The number of nitrogens with zero attached hydrogens (tertiary/aromatic N) is 6. The molecular formula is C18H21BrClN7O2. The monoisotopic (exact) mass is 481 g/mol. The Balaban J connectivity index is 1.51. The second-order valence-electron chi connectivity index (χ2n) is 7.35. The van der Waals surface area contributed by atoms with Crippen molar-refractivity contribution in [1.29, 1.82) is 0 Å². The lowest BCUT2D eigenvalue weighted by Gasteiger charge is -2.28. The molecule has 0 saturated heterocycles. The fourth-order valence-corrected chi connectivity index (χ4v) is 4.86. The molecule has 154 valence electrons. The Labute approximate surface area is 180 Å². The quantitative estimate of drug-likeness (QED) is 0.588. The molecule has 1 aliphatic heterocycles. The predicted molar refractivity (Wildman–Crippen MR) is 112 cm³/mol. The van der Waals surface area contributed by atoms with Crippen LogP contribution in [0.15, 0.2) is 10.8 Å². The molecule has 0 spiro atoms. The molecule has 29 heavy (non-hydrogen) atoms. The highest BCUT2D eigenvalue weighted by molar-refractivity contribution is 9.10. The molecule has 0 amide bonds. The van der Waals surface area contributed by atoms with Crippen LogP contribution < -0.4 is 10.1 Å². The molecule has 0 aromatic carbocycles. The summed E-state index contributed by atoms with van der Waals surface area (Å²) in [6.07, 6.45) is 6.86. The molecule has 9 nitrogen and oxygen atoms in total. The average molecular weight is 483 g/mol. The van der Waals surface area contributed by atoms with Gasteiger partial charge in [-0.2, -0.15) is 10.1 Å². The van der Waals surface area contributed by atoms with E-state index in [1.165, 1.54) is 0 Å². The van der Waals surface area contributed by atoms with E-state index in [2.05, 4.69) is 36.3 Å². The van der Waals surface area contributed by atoms with Gasteiger partial charge in [0.1, 0.15) is 10.3 Å². The van der Waals surface area contributed by atoms with Crippen LogP contribution in [0.3, 0.4) is 0 Å². The molecule has 4 heterocycles. The number of methoxy groups -OCH3 is 1. The smallest absolute Gasteiger partial charge is 0.258 e. The van der Waals surface area contributed by atoms with Crippen molar-refractivity contribution < 1.29 is 9.47 Å². The number of aryl methyl sites for hydroxylation is 1. The molecular weight excluding hydrogens is 462 g/mol. The average Bonchev–Trinajstić information content (AvgIpc) is 3.21. The minimum absolute atomic E-state index is 0.296. The number of hydrogen-bond acceptors (Lipinski definition) is 7. The van der Waals surface area contributed by atoms with E-state index in [0.29, 0.717) is 47.9 Å². The first-order valence-corrected chi connectivity index (χ1v) is 10.9. The van der Waals surface area contributed by atoms with Gasteiger partial charge in [0.05, 0.1) is 24.1 Å². The van der Waals surface area contributed by atoms with Gasteiger partial charge in [-0.15, -0.1) is 5.10 Å². The topological polar surface area (TPSA) is 91.9 Å². The summed E-state index contributed by atoms with van der Waals surface area (Å²) in [5, 5.41) is 13.5. The van der Waals surface area contributed by atoms with Crippen molar-refractivity contribution in [1.82, 2.24) is 29.5 Å². The number of nitrogens with one attached hydrogen (secondary N) is 1. The summed E-state index contributed by atoms with van der Waals surface area (Å²) < 4.78 is 16.2. The van der Waals surface area contributed by atoms with Crippen molar-refractivity contribution >= 4 is 50.2 Å². The van der Waals surface area contributed by atoms with Crippen LogP contribution >= 0.6 is 27.5 Å². The second kappa shape index (κ2) is 7.73. The molecule has 1 N–H and O–H groups in total. The molecule has 5 rings (SSSR count). The van der Waals surface area contributed by atoms with E-state index < -0.39 is 0 Å². The summed E-state index contributed by atoms with van der Waals surface area (Å²) >= 11 is 9.94. The van der Waals surface area contributed by atoms with E-state index >= 15 is 0 Å². The Morgan fingerprint density at radius 2 is 2.10 bits per heavy atom. The number of halogens is 2. The lowest BCUT2D eigenvalue weighted by molar-refractivity contribution is 0.0563. The Bertz CT molecular complexity index is 1040. The van der Waals surface area contributed by atoms with Gasteiger partial charge in [0.15, 0.2) is 10.8 Å². The zero-order valence-electron chi connectivity index (χ0n) is 15.9. The summed E-state index contributed by atoms with van der Waals surface area (Å²) in [7, 11) is 1.78. The van der Waals surface area contributed by atoms with E-state index in [4.69, 9.17) is 26.2 Å². The van der Waals surface area contributed by atoms with Gasteiger partial charge in [-0.05, 0) is 41.6 Å². The summed E-state index contributed by atoms with van der Waals surface area (Å²) in [6, 6.07) is 0.296. The number of ether oxygens (including phenoxy) is 2. The highest BCUT2D eigenvalue weighted by Gasteiger charge is 2.28. The summed E-state index contributed by atoms with van der Waals surface area (Å²) in [5.74, 6) is 0.998. The van der Waals surface area contributed by atoms with Crippen molar-refractivity contribution in [3.8, 4) is 5.88 Å². The molecule has 1 fully saturated rings. The second-order valence-corrected chi connectivity index (χ2v) is 8.46. The van der Waals surface area contributed by atoms with Crippen molar-refractivity contribution in [3.05, 3.63) is 16.0 Å². The van der Waals surface area contributed by atoms with Gasteiger partial charge >= 0.3 is 0 Å². The first-order chi connectivity index (χ1) is 14.1. The molecule has 0 unspecified atom stereocenters. The molecule has 3 aromatic heterocycles. The maximum absolute atomic E-state index is 6.22. The first-order valence-electron chi connectivity index (χ1n) is 9.73. The number of anilines is 2. The highest BCUT2D eigenvalue weighted by atomic mass is 79.9. The number of fused-ring (bicyclic) bond motifs is 2. The van der Waals surface area contributed by atoms with Crippen LogP contribution in [0.2, 0.25) is 5.15 Å². The van der Waals surface area contributed by atoms with Gasteiger partial charge in [0.25, 0.3) is 5.88 Å². The van der Waals surface area contributed by atoms with Crippen molar-refractivity contribution in [2.75, 3.05) is 19.0 Å². The van der Waals surface area contributed by atoms with Crippen LogP contribution in [0.25, 0.3) is 11.0 Å². The van der Waals surface area contributed by atoms with Gasteiger partial charge in [0, 0.05) is 26.3 Å². The van der Waals surface area contributed by atoms with Crippen LogP contribution in [0.1, 0.15) is 38.1 Å². The molecule has 0 radical (unpaired) electrons. The molecule has 1 saturated carbocycles. The number of hydrogen-bond donors (Lipinski definition) is 1. The Kier molecular flexibility index (Phi) is 5.09. The van der Waals surface area contributed by atoms with Gasteiger partial charge in [-0.1, -0.05) is 11.6 Å². The maximum Gasteiger partial charge on any atom is 0.258 e. The van der Waals surface area contributed by atoms with Gasteiger partial charge in [-0.3, -0.25) is 0 Å². The summed E-state index contributed by atoms with van der Waals surface area (Å²) in [6.45, 7) is 1.16. The normalized spacial score (nSPS) is 22.0. The molecule has 3 aromatic rings. The summed E-state index contributed by atoms with van der Waals surface area (Å²) in [4.78, 5) is 9.03. The van der Waals surface area contributed by atoms with Crippen LogP contribution in [-0.4, -0.2) is 49.3 Å². The standard InChI is InChI=1S/C18H21BrClN7O2/c1-28-11-5-3-10(4-6-11)27-14(19)13-17(25-27)29-8-2-7-26-16-12(15(20)24-26)9-21-18(22-13)23-16/h9-11H,2-8H2,1H3,(H,21,22,23). The molecule has 2 aliphatic rings. The fourth-order valence-electron chi connectivity index (χ4n) is 4.00. The van der Waals surface area contributed by atoms with Crippen LogP contribution in [0, 0.1) is 0 Å². The SMILES string of the molecule is COC1CCC(n2nc3c(c2Br)Nc2ncc4c(Cl)nn(c4n2)CCCO3)CC1. The van der Waals surface area contributed by atoms with Crippen molar-refractivity contribution in [2.24, 2.45) is 0 Å². The Morgan fingerprint density at radius 3 is 2.90 bits per heavy atom. The van der Waals surface area contributed by atoms with Gasteiger partial charge in [0.2, 0.25) is 5.95 Å². The van der Waals surface area contributed by atoms with E-state index in [0.717, 1.165) is 47.8 Å². The molecule has 0 atom stereocenters. The third-order valence-electron chi connectivity index (χ3n) is 5.58. The first kappa shape index (κ1) is 19.1. The molecule has 1 aliphatic carbocycles. The highest BCUT2D eigenvalue weighted by Crippen LogP contribution is 2.40. The Hall–Kier alpha value is -1.91. The van der Waals surface area contributed by atoms with Crippen LogP contribution in [-0.2, 0) is 11.3 Å². The Morgan fingerprint density at radius 1 is 1.28 bits per heavy atom. The van der Waals surface area contributed by atoms with E-state index in [9.17, 15) is 0 Å². The van der Waals surface area contributed by atoms with Gasteiger partial charge in [-0.25, -0.2) is 14.3 Å². The lowest BCUT2D eigenvalue weighted by Crippen LogP contribution is -2.23. The van der Waals surface area contributed by atoms with Crippen LogP contribution in [0.4, 0.5) is 11.6 Å². The fraction of sp³-hybridized carbons (Fsp3) is 0.556. The lowest BCUT2D eigenvalue weighted by atomic mass is 9.93. The zero-order valence-corrected chi connectivity index (χ0v) is 18.3. The zero-order chi connectivity index (χ0) is 20.0. The van der Waals surface area contributed by atoms with Crippen molar-refractivity contribution in [3.63, 3.8) is 0 Å². The molecule has 11 heteroatoms. The predicted octanol–water partition coefficient (Wildman–Crippen LogP) is 4.09. The minimum Gasteiger partial charge on any atom is -0.475 e. The number of aromatic nitrogens is 6. The van der Waals surface area contributed by atoms with Gasteiger partial charge < -0.3 is 14.8 Å². The maximum atomic E-state index is 6.22. The number of rotatable bonds is 2. The third-order valence-corrected chi connectivity index (χ3v) is 6.62. The molecule has 2 bridgehead atoms. The summed E-state index contributed by atoms with van der Waals surface area (Å²) in [5.41, 5.74) is 1.44. The minimum atomic E-state index is 0.296. The van der Waals surface area contributed by atoms with E-state index in [1.54, 1.807) is 18.0 Å².